The van der Waals surface area contributed by atoms with Gasteiger partial charge in [-0.3, -0.25) is 0 Å². The molecule has 2 aliphatic heterocycles. The second-order valence-electron chi connectivity index (χ2n) is 24.4. The molecule has 0 radical (unpaired) electrons. The van der Waals surface area contributed by atoms with Gasteiger partial charge in [-0.25, -0.2) is 0 Å². The number of benzene rings is 3. The van der Waals surface area contributed by atoms with Gasteiger partial charge in [-0.15, -0.1) is 0 Å². The number of aliphatic hydroxyl groups excluding tert-OH is 6. The zero-order valence-electron chi connectivity index (χ0n) is 47.8. The van der Waals surface area contributed by atoms with E-state index in [1.165, 1.54) is 16.7 Å². The summed E-state index contributed by atoms with van der Waals surface area (Å²) in [4.78, 5) is 3.38. The molecule has 2 fully saturated rings. The number of allylic oxidation sites excluding steroid dienone is 3. The highest BCUT2D eigenvalue weighted by molar-refractivity contribution is 8.76. The lowest BCUT2D eigenvalue weighted by atomic mass is 9.55. The first kappa shape index (κ1) is 60.4. The van der Waals surface area contributed by atoms with Crippen molar-refractivity contribution in [3.8, 4) is 23.3 Å². The van der Waals surface area contributed by atoms with Crippen LogP contribution in [0.1, 0.15) is 105 Å². The molecule has 442 valence electrons. The van der Waals surface area contributed by atoms with Crippen LogP contribution in [-0.2, 0) is 24.0 Å². The predicted molar refractivity (Wildman–Crippen MR) is 327 cm³/mol. The lowest BCUT2D eigenvalue weighted by molar-refractivity contribution is -0.0623. The molecule has 1 saturated carbocycles. The number of aliphatic hydroxyl groups is 6. The number of phenolic OH excluding ortho intramolecular Hbond substituents is 1. The number of dihydropyridines is 1. The summed E-state index contributed by atoms with van der Waals surface area (Å²) in [6.07, 6.45) is 9.69. The van der Waals surface area contributed by atoms with Crippen LogP contribution in [0.15, 0.2) is 126 Å². The summed E-state index contributed by atoms with van der Waals surface area (Å²) in [6, 6.07) is 29.2. The summed E-state index contributed by atoms with van der Waals surface area (Å²) < 4.78 is 13.7. The van der Waals surface area contributed by atoms with Gasteiger partial charge in [-0.05, 0) is 159 Å². The van der Waals surface area contributed by atoms with Gasteiger partial charge in [0.15, 0.2) is 11.5 Å². The molecule has 1 saturated heterocycles. The first-order valence-corrected chi connectivity index (χ1v) is 32.7. The van der Waals surface area contributed by atoms with E-state index in [2.05, 4.69) is 113 Å². The number of nitrogens with two attached hydrogens (primary N) is 1. The molecular formula is C67H88N4O9S2. The van der Waals surface area contributed by atoms with Crippen molar-refractivity contribution in [3.63, 3.8) is 0 Å². The van der Waals surface area contributed by atoms with E-state index in [0.29, 0.717) is 75.4 Å². The Morgan fingerprint density at radius 3 is 2.43 bits per heavy atom. The molecule has 15 heteroatoms. The SMILES string of the molecule is CCC1Cc2cc(O)c(OC3CC(Cc4ccc[nH]4)C4=CCNC(N)=C4CSSCC(CO)C3O)cc2C2CC(O)C3C(C#CC4(CC(NCC(C)O)CCC3OCCO)CC(c3ccccc3)C(Cc3ccccc3)CC4CO)C=C12. The monoisotopic (exact) mass is 1160 g/mol. The Balaban J connectivity index is 1.06. The Labute approximate surface area is 493 Å². The van der Waals surface area contributed by atoms with Crippen LogP contribution in [-0.4, -0.2) is 128 Å². The number of fused-ring (bicyclic) bond motifs is 5. The maximum absolute atomic E-state index is 13.1. The molecule has 16 unspecified atom stereocenters. The van der Waals surface area contributed by atoms with E-state index >= 15 is 0 Å². The largest absolute Gasteiger partial charge is 0.504 e. The van der Waals surface area contributed by atoms with E-state index in [1.54, 1.807) is 28.5 Å². The number of hydrogen-bond donors (Lipinski definition) is 11. The highest BCUT2D eigenvalue weighted by atomic mass is 33.1. The Hall–Kier alpha value is -4.70. The Bertz CT molecular complexity index is 2870. The van der Waals surface area contributed by atoms with Crippen LogP contribution < -0.4 is 21.1 Å². The molecule has 12 N–H and O–H groups in total. The number of aromatic hydroxyl groups is 1. The standard InChI is InChI=1S/C67H88N4O9S2/c1-3-43-26-47-30-59(76)62(80-63-31-48(28-51-15-10-21-69-51)53-19-22-70-66(68)58(53)40-82-81-39-49(37-73)65(63)78)33-55(47)56-32-60(77)64-45(29-54(43)56)18-20-67(34-52(71-36-41(2)75)16-17-61(64)79-24-23-72)35-57(44-13-8-5-9-14-44)46(27-50(67)38-74)25-42-11-6-4-7-12-42/h4-15,19,21,29-30,33,41,43,45-46,48-50,52,56-57,60-61,63-65,69-78H,3,16-17,22-28,31-32,34-40,68H2,1-2H3. The topological polar surface area (TPSA) is 226 Å². The molecule has 4 aliphatic carbocycles. The normalized spacial score (nSPS) is 32.8. The number of aromatic amines is 1. The second-order valence-corrected chi connectivity index (χ2v) is 26.9. The van der Waals surface area contributed by atoms with Crippen molar-refractivity contribution in [2.45, 2.75) is 133 Å². The first-order valence-electron chi connectivity index (χ1n) is 30.3. The quantitative estimate of drug-likeness (QED) is 0.0289. The van der Waals surface area contributed by atoms with E-state index in [4.69, 9.17) is 15.2 Å². The second kappa shape index (κ2) is 28.0. The van der Waals surface area contributed by atoms with Gasteiger partial charge in [-0.2, -0.15) is 0 Å². The van der Waals surface area contributed by atoms with Crippen molar-refractivity contribution >= 4 is 21.6 Å². The molecule has 82 heavy (non-hydrogen) atoms. The number of nitrogens with one attached hydrogen (secondary N) is 3. The summed E-state index contributed by atoms with van der Waals surface area (Å²) >= 11 is 0. The minimum Gasteiger partial charge on any atom is -0.504 e. The minimum atomic E-state index is -1.08. The Kier molecular flexibility index (Phi) is 20.6. The molecule has 4 aromatic rings. The summed E-state index contributed by atoms with van der Waals surface area (Å²) in [5, 5.41) is 88.2. The molecule has 1 spiro atoms. The fourth-order valence-corrected chi connectivity index (χ4v) is 17.5. The predicted octanol–water partition coefficient (Wildman–Crippen LogP) is 8.31. The van der Waals surface area contributed by atoms with Gasteiger partial charge in [0.2, 0.25) is 0 Å². The molecule has 10 rings (SSSR count). The number of phenols is 1. The summed E-state index contributed by atoms with van der Waals surface area (Å²) in [7, 11) is 3.25. The van der Waals surface area contributed by atoms with Crippen molar-refractivity contribution in [2.75, 3.05) is 51.0 Å². The van der Waals surface area contributed by atoms with Crippen LogP contribution in [0.25, 0.3) is 0 Å². The van der Waals surface area contributed by atoms with Crippen molar-refractivity contribution < 1.29 is 45.2 Å². The van der Waals surface area contributed by atoms with Gasteiger partial charge in [0.1, 0.15) is 11.9 Å². The lowest BCUT2D eigenvalue weighted by Gasteiger charge is -2.49. The van der Waals surface area contributed by atoms with Crippen LogP contribution in [0.5, 0.6) is 11.5 Å². The van der Waals surface area contributed by atoms with Gasteiger partial charge >= 0.3 is 0 Å². The maximum Gasteiger partial charge on any atom is 0.161 e. The zero-order valence-corrected chi connectivity index (χ0v) is 49.4. The minimum absolute atomic E-state index is 0.0231. The number of hydrogen-bond acceptors (Lipinski definition) is 14. The fraction of sp³-hybridized carbons (Fsp3) is 0.552. The van der Waals surface area contributed by atoms with Crippen LogP contribution in [0.2, 0.25) is 0 Å². The Morgan fingerprint density at radius 2 is 1.70 bits per heavy atom. The molecule has 13 nitrogen and oxygen atoms in total. The van der Waals surface area contributed by atoms with Crippen molar-refractivity contribution in [1.82, 2.24) is 15.6 Å². The van der Waals surface area contributed by atoms with E-state index < -0.39 is 53.7 Å². The van der Waals surface area contributed by atoms with Crippen LogP contribution in [0.4, 0.5) is 0 Å². The maximum atomic E-state index is 13.1. The summed E-state index contributed by atoms with van der Waals surface area (Å²) in [5.41, 5.74) is 14.9. The molecule has 0 bridgehead atoms. The van der Waals surface area contributed by atoms with Gasteiger partial charge in [0.25, 0.3) is 0 Å². The van der Waals surface area contributed by atoms with Gasteiger partial charge in [-0.1, -0.05) is 119 Å². The molecule has 0 amide bonds. The lowest BCUT2D eigenvalue weighted by Crippen LogP contribution is -2.48. The third-order valence-corrected chi connectivity index (χ3v) is 21.6. The molecule has 6 aliphatic rings. The third-order valence-electron chi connectivity index (χ3n) is 19.2. The van der Waals surface area contributed by atoms with Crippen LogP contribution in [0, 0.1) is 58.7 Å². The van der Waals surface area contributed by atoms with Gasteiger partial charge in [0, 0.05) is 90.4 Å². The number of rotatable bonds is 16. The van der Waals surface area contributed by atoms with Crippen molar-refractivity contribution in [3.05, 3.63) is 154 Å². The van der Waals surface area contributed by atoms with Crippen molar-refractivity contribution in [1.29, 1.82) is 0 Å². The van der Waals surface area contributed by atoms with E-state index in [1.807, 2.05) is 24.4 Å². The van der Waals surface area contributed by atoms with Gasteiger partial charge in [0.05, 0.1) is 37.6 Å². The fourth-order valence-electron chi connectivity index (χ4n) is 15.0. The first-order chi connectivity index (χ1) is 39.9. The highest BCUT2D eigenvalue weighted by Gasteiger charge is 2.50. The average molecular weight is 1160 g/mol. The highest BCUT2D eigenvalue weighted by Crippen LogP contribution is 2.56. The number of ether oxygens (including phenoxy) is 2. The van der Waals surface area contributed by atoms with Gasteiger partial charge < -0.3 is 66.6 Å². The van der Waals surface area contributed by atoms with Crippen molar-refractivity contribution in [2.24, 2.45) is 52.6 Å². The van der Waals surface area contributed by atoms with E-state index in [9.17, 15) is 35.7 Å². The Morgan fingerprint density at radius 1 is 0.890 bits per heavy atom. The van der Waals surface area contributed by atoms with Crippen LogP contribution >= 0.6 is 21.6 Å². The molecule has 16 atom stereocenters. The molecule has 3 aromatic carbocycles. The molecular weight excluding hydrogens is 1070 g/mol. The van der Waals surface area contributed by atoms with E-state index in [-0.39, 0.29) is 79.5 Å². The van der Waals surface area contributed by atoms with E-state index in [0.717, 1.165) is 53.7 Å². The zero-order chi connectivity index (χ0) is 57.3. The average Bonchev–Trinajstić information content (AvgIpc) is 4.12. The van der Waals surface area contributed by atoms with Crippen LogP contribution in [0.3, 0.4) is 0 Å². The smallest absolute Gasteiger partial charge is 0.161 e. The third kappa shape index (κ3) is 13.8. The summed E-state index contributed by atoms with van der Waals surface area (Å²) in [6.45, 7) is 4.60. The summed E-state index contributed by atoms with van der Waals surface area (Å²) in [5.74, 6) is 8.43. The number of H-pyrrole nitrogens is 1. The molecule has 1 aromatic heterocycles. The number of aromatic nitrogens is 1. The molecule has 3 heterocycles.